The van der Waals surface area contributed by atoms with Crippen molar-refractivity contribution in [2.24, 2.45) is 0 Å². The van der Waals surface area contributed by atoms with E-state index in [2.05, 4.69) is 23.2 Å². The van der Waals surface area contributed by atoms with Gasteiger partial charge < -0.3 is 0 Å². The molecule has 0 amide bonds. The third-order valence-corrected chi connectivity index (χ3v) is 4.84. The minimum atomic E-state index is -0.143. The van der Waals surface area contributed by atoms with Gasteiger partial charge in [0.05, 0.1) is 24.1 Å². The molecule has 2 heterocycles. The van der Waals surface area contributed by atoms with Crippen LogP contribution in [-0.2, 0) is 6.54 Å². The number of hydrogen-bond donors (Lipinski definition) is 0. The van der Waals surface area contributed by atoms with Gasteiger partial charge in [0.2, 0.25) is 0 Å². The Labute approximate surface area is 163 Å². The molecule has 2 aromatic carbocycles. The second kappa shape index (κ2) is 7.27. The quantitative estimate of drug-likeness (QED) is 0.540. The first-order valence-corrected chi connectivity index (χ1v) is 9.29. The predicted octanol–water partition coefficient (Wildman–Crippen LogP) is 4.22. The lowest BCUT2D eigenvalue weighted by Crippen LogP contribution is -2.25. The van der Waals surface area contributed by atoms with E-state index in [9.17, 15) is 4.79 Å². The summed E-state index contributed by atoms with van der Waals surface area (Å²) in [5, 5.41) is 9.75. The number of hydrogen-bond acceptors (Lipinski definition) is 3. The minimum absolute atomic E-state index is 0.143. The van der Waals surface area contributed by atoms with Gasteiger partial charge in [0, 0.05) is 5.39 Å². The van der Waals surface area contributed by atoms with Gasteiger partial charge in [0.1, 0.15) is 5.52 Å². The Morgan fingerprint density at radius 3 is 2.57 bits per heavy atom. The van der Waals surface area contributed by atoms with E-state index < -0.39 is 0 Å². The monoisotopic (exact) mass is 370 g/mol. The molecule has 0 saturated carbocycles. The minimum Gasteiger partial charge on any atom is -0.265 e. The molecule has 5 nitrogen and oxygen atoms in total. The van der Waals surface area contributed by atoms with Crippen LogP contribution in [-0.4, -0.2) is 19.6 Å². The summed E-state index contributed by atoms with van der Waals surface area (Å²) in [7, 11) is 0. The topological polar surface area (TPSA) is 52.7 Å². The molecule has 0 aliphatic heterocycles. The van der Waals surface area contributed by atoms with Gasteiger partial charge in [-0.3, -0.25) is 4.79 Å². The summed E-state index contributed by atoms with van der Waals surface area (Å²) >= 11 is 0. The highest BCUT2D eigenvalue weighted by Gasteiger charge is 2.15. The van der Waals surface area contributed by atoms with Gasteiger partial charge in [0.25, 0.3) is 5.56 Å². The van der Waals surface area contributed by atoms with Crippen molar-refractivity contribution in [2.45, 2.75) is 27.3 Å². The number of aryl methyl sites for hydroxylation is 3. The average molecular weight is 370 g/mol. The zero-order chi connectivity index (χ0) is 19.7. The summed E-state index contributed by atoms with van der Waals surface area (Å²) in [6, 6.07) is 16.1. The molecule has 140 valence electrons. The first kappa shape index (κ1) is 17.9. The molecule has 0 aliphatic carbocycles. The van der Waals surface area contributed by atoms with E-state index >= 15 is 0 Å². The van der Waals surface area contributed by atoms with Gasteiger partial charge in [-0.05, 0) is 38.0 Å². The Morgan fingerprint density at radius 1 is 1.04 bits per heavy atom. The van der Waals surface area contributed by atoms with Crippen molar-refractivity contribution in [3.63, 3.8) is 0 Å². The maximum Gasteiger partial charge on any atom is 0.293 e. The number of benzene rings is 2. The highest BCUT2D eigenvalue weighted by atomic mass is 16.1. The summed E-state index contributed by atoms with van der Waals surface area (Å²) in [5.74, 6) is 0. The molecule has 4 rings (SSSR count). The van der Waals surface area contributed by atoms with Crippen molar-refractivity contribution < 1.29 is 0 Å². The number of fused-ring (bicyclic) bond motifs is 1. The number of rotatable bonds is 4. The van der Waals surface area contributed by atoms with Crippen LogP contribution in [0, 0.1) is 20.8 Å². The lowest BCUT2D eigenvalue weighted by Gasteiger charge is -2.10. The second-order valence-corrected chi connectivity index (χ2v) is 6.99. The van der Waals surface area contributed by atoms with E-state index in [1.165, 1.54) is 10.2 Å². The molecule has 2 aromatic heterocycles. The van der Waals surface area contributed by atoms with E-state index in [0.29, 0.717) is 12.1 Å². The molecule has 0 radical (unpaired) electrons. The van der Waals surface area contributed by atoms with E-state index in [1.807, 2.05) is 68.5 Å². The van der Waals surface area contributed by atoms with Gasteiger partial charge in [-0.25, -0.2) is 9.36 Å². The fraction of sp³-hybridized carbons (Fsp3) is 0.174. The largest absolute Gasteiger partial charge is 0.293 e. The number of aromatic nitrogens is 4. The van der Waals surface area contributed by atoms with Crippen molar-refractivity contribution in [1.29, 1.82) is 0 Å². The fourth-order valence-corrected chi connectivity index (χ4v) is 3.42. The normalized spacial score (nSPS) is 11.5. The molecule has 0 atom stereocenters. The molecule has 0 bridgehead atoms. The molecule has 4 aromatic rings. The van der Waals surface area contributed by atoms with Crippen molar-refractivity contribution in [3.05, 3.63) is 93.5 Å². The average Bonchev–Trinajstić information content (AvgIpc) is 3.12. The van der Waals surface area contributed by atoms with Gasteiger partial charge in [-0.15, -0.1) is 0 Å². The fourth-order valence-electron chi connectivity index (χ4n) is 3.42. The molecule has 0 aliphatic rings. The van der Waals surface area contributed by atoms with Crippen LogP contribution in [0.4, 0.5) is 0 Å². The first-order valence-electron chi connectivity index (χ1n) is 9.29. The van der Waals surface area contributed by atoms with Crippen LogP contribution >= 0.6 is 0 Å². The van der Waals surface area contributed by atoms with Crippen molar-refractivity contribution in [1.82, 2.24) is 19.6 Å². The predicted molar refractivity (Wildman–Crippen MR) is 113 cm³/mol. The van der Waals surface area contributed by atoms with Crippen molar-refractivity contribution >= 4 is 17.0 Å². The molecule has 0 spiro atoms. The summed E-state index contributed by atoms with van der Waals surface area (Å²) in [4.78, 5) is 13.2. The molecular formula is C23H22N4O. The van der Waals surface area contributed by atoms with Gasteiger partial charge in [-0.2, -0.15) is 10.2 Å². The van der Waals surface area contributed by atoms with Crippen molar-refractivity contribution in [2.75, 3.05) is 0 Å². The van der Waals surface area contributed by atoms with Gasteiger partial charge in [-0.1, -0.05) is 60.2 Å². The standard InChI is InChI=1S/C23H22N4O/c1-16-11-12-21(17(2)14-16)27-22-20(15-24-27)18(3)25-26(23(22)28)13-7-10-19-8-5-4-6-9-19/h4-12,14-15H,13H2,1-3H3/b10-7+. The Morgan fingerprint density at radius 2 is 1.82 bits per heavy atom. The molecule has 0 N–H and O–H groups in total. The summed E-state index contributed by atoms with van der Waals surface area (Å²) in [6.45, 7) is 6.40. The third-order valence-electron chi connectivity index (χ3n) is 4.84. The third kappa shape index (κ3) is 3.27. The second-order valence-electron chi connectivity index (χ2n) is 6.99. The van der Waals surface area contributed by atoms with Gasteiger partial charge >= 0.3 is 0 Å². The summed E-state index contributed by atoms with van der Waals surface area (Å²) in [6.07, 6.45) is 5.67. The first-order chi connectivity index (χ1) is 13.5. The van der Waals surface area contributed by atoms with E-state index in [0.717, 1.165) is 27.9 Å². The Hall–Kier alpha value is -3.47. The highest BCUT2D eigenvalue weighted by Crippen LogP contribution is 2.20. The molecule has 5 heteroatoms. The number of allylic oxidation sites excluding steroid dienone is 1. The summed E-state index contributed by atoms with van der Waals surface area (Å²) < 4.78 is 3.23. The van der Waals surface area contributed by atoms with Crippen LogP contribution in [0.25, 0.3) is 22.7 Å². The SMILES string of the molecule is Cc1ccc(-n2ncc3c(C)nn(C/C=C/c4ccccc4)c(=O)c32)c(C)c1. The Bertz CT molecular complexity index is 1230. The maximum absolute atomic E-state index is 13.2. The van der Waals surface area contributed by atoms with Crippen LogP contribution in [0.5, 0.6) is 0 Å². The van der Waals surface area contributed by atoms with Crippen LogP contribution in [0.15, 0.2) is 65.6 Å². The summed E-state index contributed by atoms with van der Waals surface area (Å²) in [5.41, 5.74) is 5.47. The Balaban J connectivity index is 1.79. The van der Waals surface area contributed by atoms with E-state index in [1.54, 1.807) is 10.9 Å². The molecule has 0 saturated heterocycles. The smallest absolute Gasteiger partial charge is 0.265 e. The molecular weight excluding hydrogens is 348 g/mol. The van der Waals surface area contributed by atoms with E-state index in [-0.39, 0.29) is 5.56 Å². The van der Waals surface area contributed by atoms with Crippen LogP contribution in [0.3, 0.4) is 0 Å². The molecule has 0 unspecified atom stereocenters. The van der Waals surface area contributed by atoms with Crippen molar-refractivity contribution in [3.8, 4) is 5.69 Å². The molecule has 0 fully saturated rings. The maximum atomic E-state index is 13.2. The Kier molecular flexibility index (Phi) is 4.65. The molecule has 28 heavy (non-hydrogen) atoms. The lowest BCUT2D eigenvalue weighted by molar-refractivity contribution is 0.647. The van der Waals surface area contributed by atoms with Crippen LogP contribution in [0.1, 0.15) is 22.4 Å². The van der Waals surface area contributed by atoms with Gasteiger partial charge in [0.15, 0.2) is 0 Å². The zero-order valence-corrected chi connectivity index (χ0v) is 16.3. The zero-order valence-electron chi connectivity index (χ0n) is 16.3. The van der Waals surface area contributed by atoms with Crippen LogP contribution < -0.4 is 5.56 Å². The highest BCUT2D eigenvalue weighted by molar-refractivity contribution is 5.81. The number of nitrogens with zero attached hydrogens (tertiary/aromatic N) is 4. The lowest BCUT2D eigenvalue weighted by atomic mass is 10.1. The van der Waals surface area contributed by atoms with E-state index in [4.69, 9.17) is 0 Å². The van der Waals surface area contributed by atoms with Crippen LogP contribution in [0.2, 0.25) is 0 Å².